The summed E-state index contributed by atoms with van der Waals surface area (Å²) < 4.78 is 0. The lowest BCUT2D eigenvalue weighted by Crippen LogP contribution is -2.07. The fourth-order valence-electron chi connectivity index (χ4n) is 1.92. The van der Waals surface area contributed by atoms with Gasteiger partial charge in [-0.05, 0) is 24.6 Å². The van der Waals surface area contributed by atoms with Crippen LogP contribution in [0.3, 0.4) is 0 Å². The number of allylic oxidation sites excluding steroid dienone is 1. The molecule has 1 aliphatic heterocycles. The van der Waals surface area contributed by atoms with E-state index >= 15 is 0 Å². The molecule has 0 aromatic heterocycles. The number of fused-ring (bicyclic) bond motifs is 1. The Labute approximate surface area is 94.7 Å². The second-order valence-electron chi connectivity index (χ2n) is 3.64. The molecule has 0 radical (unpaired) electrons. The molecular weight excluding hydrogens is 200 g/mol. The van der Waals surface area contributed by atoms with Crippen LogP contribution in [0.25, 0.3) is 5.57 Å². The van der Waals surface area contributed by atoms with Crippen LogP contribution in [-0.2, 0) is 4.79 Å². The Morgan fingerprint density at radius 3 is 2.88 bits per heavy atom. The molecule has 1 amide bonds. The van der Waals surface area contributed by atoms with Gasteiger partial charge in [0.15, 0.2) is 0 Å². The minimum Gasteiger partial charge on any atom is -0.330 e. The fraction of sp³-hybridized carbons (Fsp3) is 0.154. The molecule has 3 nitrogen and oxygen atoms in total. The average Bonchev–Trinajstić information content (AvgIpc) is 2.62. The van der Waals surface area contributed by atoms with Gasteiger partial charge in [0.1, 0.15) is 0 Å². The number of benzene rings is 1. The largest absolute Gasteiger partial charge is 0.330 e. The first-order chi connectivity index (χ1) is 7.77. The SMILES string of the molecule is C=CC(CCN)=C1C(=O)Nc2ccccc21. The fourth-order valence-corrected chi connectivity index (χ4v) is 1.92. The Morgan fingerprint density at radius 2 is 2.19 bits per heavy atom. The van der Waals surface area contributed by atoms with Crippen molar-refractivity contribution in [3.63, 3.8) is 0 Å². The Hall–Kier alpha value is -1.87. The van der Waals surface area contributed by atoms with Crippen LogP contribution < -0.4 is 11.1 Å². The second kappa shape index (κ2) is 4.33. The number of hydrogen-bond donors (Lipinski definition) is 2. The Kier molecular flexibility index (Phi) is 2.88. The van der Waals surface area contributed by atoms with E-state index < -0.39 is 0 Å². The topological polar surface area (TPSA) is 55.1 Å². The Morgan fingerprint density at radius 1 is 1.44 bits per heavy atom. The van der Waals surface area contributed by atoms with E-state index in [0.29, 0.717) is 18.5 Å². The van der Waals surface area contributed by atoms with E-state index in [1.54, 1.807) is 6.08 Å². The van der Waals surface area contributed by atoms with Gasteiger partial charge in [0.25, 0.3) is 5.91 Å². The number of carbonyl (C=O) groups is 1. The molecule has 0 fully saturated rings. The molecule has 82 valence electrons. The van der Waals surface area contributed by atoms with Crippen LogP contribution in [0.5, 0.6) is 0 Å². The molecule has 0 saturated heterocycles. The van der Waals surface area contributed by atoms with E-state index in [2.05, 4.69) is 11.9 Å². The van der Waals surface area contributed by atoms with Gasteiger partial charge >= 0.3 is 0 Å². The number of hydrogen-bond acceptors (Lipinski definition) is 2. The molecule has 16 heavy (non-hydrogen) atoms. The summed E-state index contributed by atoms with van der Waals surface area (Å²) in [5, 5.41) is 2.84. The van der Waals surface area contributed by atoms with E-state index in [1.165, 1.54) is 0 Å². The zero-order chi connectivity index (χ0) is 11.5. The summed E-state index contributed by atoms with van der Waals surface area (Å²) in [5.74, 6) is -0.0652. The maximum absolute atomic E-state index is 11.8. The van der Waals surface area contributed by atoms with Crippen LogP contribution in [0.15, 0.2) is 42.5 Å². The third-order valence-electron chi connectivity index (χ3n) is 2.65. The molecule has 3 heteroatoms. The zero-order valence-corrected chi connectivity index (χ0v) is 8.99. The molecule has 1 aliphatic rings. The zero-order valence-electron chi connectivity index (χ0n) is 8.99. The summed E-state index contributed by atoms with van der Waals surface area (Å²) in [6, 6.07) is 7.65. The number of para-hydroxylation sites is 1. The van der Waals surface area contributed by atoms with Crippen molar-refractivity contribution in [2.45, 2.75) is 6.42 Å². The van der Waals surface area contributed by atoms with E-state index in [9.17, 15) is 4.79 Å². The molecule has 0 atom stereocenters. The van der Waals surface area contributed by atoms with Crippen LogP contribution in [0.4, 0.5) is 5.69 Å². The smallest absolute Gasteiger partial charge is 0.256 e. The van der Waals surface area contributed by atoms with E-state index in [1.807, 2.05) is 24.3 Å². The van der Waals surface area contributed by atoms with E-state index in [0.717, 1.165) is 16.8 Å². The predicted molar refractivity (Wildman–Crippen MR) is 65.9 cm³/mol. The maximum Gasteiger partial charge on any atom is 0.256 e. The van der Waals surface area contributed by atoms with Crippen molar-refractivity contribution in [1.82, 2.24) is 0 Å². The van der Waals surface area contributed by atoms with Crippen LogP contribution >= 0.6 is 0 Å². The molecule has 2 rings (SSSR count). The summed E-state index contributed by atoms with van der Waals surface area (Å²) in [6.45, 7) is 4.25. The third-order valence-corrected chi connectivity index (χ3v) is 2.65. The molecule has 3 N–H and O–H groups in total. The molecule has 0 spiro atoms. The van der Waals surface area contributed by atoms with Crippen molar-refractivity contribution in [3.8, 4) is 0 Å². The molecule has 0 aliphatic carbocycles. The first-order valence-electron chi connectivity index (χ1n) is 5.24. The minimum atomic E-state index is -0.0652. The number of rotatable bonds is 3. The predicted octanol–water partition coefficient (Wildman–Crippen LogP) is 1.93. The quantitative estimate of drug-likeness (QED) is 0.755. The lowest BCUT2D eigenvalue weighted by Gasteiger charge is -2.04. The highest BCUT2D eigenvalue weighted by Crippen LogP contribution is 2.34. The van der Waals surface area contributed by atoms with Gasteiger partial charge in [0, 0.05) is 11.3 Å². The first kappa shape index (κ1) is 10.6. The van der Waals surface area contributed by atoms with Crippen molar-refractivity contribution < 1.29 is 4.79 Å². The first-order valence-corrected chi connectivity index (χ1v) is 5.24. The Balaban J connectivity index is 2.56. The summed E-state index contributed by atoms with van der Waals surface area (Å²) >= 11 is 0. The van der Waals surface area contributed by atoms with E-state index in [-0.39, 0.29) is 5.91 Å². The van der Waals surface area contributed by atoms with Crippen LogP contribution in [0, 0.1) is 0 Å². The maximum atomic E-state index is 11.8. The number of nitrogens with two attached hydrogens (primary N) is 1. The highest BCUT2D eigenvalue weighted by molar-refractivity contribution is 6.32. The van der Waals surface area contributed by atoms with Crippen molar-refractivity contribution in [2.75, 3.05) is 11.9 Å². The number of amides is 1. The lowest BCUT2D eigenvalue weighted by molar-refractivity contribution is -0.110. The van der Waals surface area contributed by atoms with Crippen LogP contribution in [-0.4, -0.2) is 12.5 Å². The lowest BCUT2D eigenvalue weighted by atomic mass is 9.99. The molecule has 0 bridgehead atoms. The minimum absolute atomic E-state index is 0.0652. The van der Waals surface area contributed by atoms with Crippen molar-refractivity contribution in [2.24, 2.45) is 5.73 Å². The Bertz CT molecular complexity index is 475. The van der Waals surface area contributed by atoms with Crippen molar-refractivity contribution in [1.29, 1.82) is 0 Å². The van der Waals surface area contributed by atoms with Gasteiger partial charge in [-0.1, -0.05) is 30.9 Å². The van der Waals surface area contributed by atoms with E-state index in [4.69, 9.17) is 5.73 Å². The van der Waals surface area contributed by atoms with Gasteiger partial charge in [-0.25, -0.2) is 0 Å². The monoisotopic (exact) mass is 214 g/mol. The number of nitrogens with one attached hydrogen (secondary N) is 1. The molecule has 1 heterocycles. The summed E-state index contributed by atoms with van der Waals surface area (Å²) in [5.41, 5.74) is 8.94. The molecule has 0 saturated carbocycles. The van der Waals surface area contributed by atoms with Crippen LogP contribution in [0.2, 0.25) is 0 Å². The van der Waals surface area contributed by atoms with Gasteiger partial charge < -0.3 is 11.1 Å². The third kappa shape index (κ3) is 1.66. The normalized spacial score (nSPS) is 16.7. The summed E-state index contributed by atoms with van der Waals surface area (Å²) in [6.07, 6.45) is 2.38. The van der Waals surface area contributed by atoms with Gasteiger partial charge in [0.2, 0.25) is 0 Å². The van der Waals surface area contributed by atoms with Gasteiger partial charge in [-0.3, -0.25) is 4.79 Å². The highest BCUT2D eigenvalue weighted by atomic mass is 16.2. The summed E-state index contributed by atoms with van der Waals surface area (Å²) in [4.78, 5) is 11.8. The van der Waals surface area contributed by atoms with Gasteiger partial charge in [-0.2, -0.15) is 0 Å². The molecule has 1 aromatic rings. The standard InChI is InChI=1S/C13H14N2O/c1-2-9(7-8-14)12-10-5-3-4-6-11(10)15-13(12)16/h2-6H,1,7-8,14H2,(H,15,16). The molecule has 0 unspecified atom stereocenters. The van der Waals surface area contributed by atoms with Crippen molar-refractivity contribution in [3.05, 3.63) is 48.1 Å². The summed E-state index contributed by atoms with van der Waals surface area (Å²) in [7, 11) is 0. The van der Waals surface area contributed by atoms with Crippen molar-refractivity contribution >= 4 is 17.2 Å². The molecule has 1 aromatic carbocycles. The van der Waals surface area contributed by atoms with Crippen LogP contribution in [0.1, 0.15) is 12.0 Å². The number of anilines is 1. The number of carbonyl (C=O) groups excluding carboxylic acids is 1. The second-order valence-corrected chi connectivity index (χ2v) is 3.64. The molecular formula is C13H14N2O. The van der Waals surface area contributed by atoms with Gasteiger partial charge in [-0.15, -0.1) is 0 Å². The highest BCUT2D eigenvalue weighted by Gasteiger charge is 2.25. The average molecular weight is 214 g/mol. The van der Waals surface area contributed by atoms with Gasteiger partial charge in [0.05, 0.1) is 5.57 Å².